The van der Waals surface area contributed by atoms with E-state index in [-0.39, 0.29) is 0 Å². The molecule has 1 heterocycles. The van der Waals surface area contributed by atoms with E-state index in [2.05, 4.69) is 52.6 Å². The fraction of sp³-hybridized carbons (Fsp3) is 0.500. The summed E-state index contributed by atoms with van der Waals surface area (Å²) in [5.74, 6) is 0.582. The fourth-order valence-electron chi connectivity index (χ4n) is 2.48. The summed E-state index contributed by atoms with van der Waals surface area (Å²) < 4.78 is 4.64. The molecule has 0 atom stereocenters. The largest absolute Gasteiger partial charge is 0.290 e. The second-order valence-electron chi connectivity index (χ2n) is 6.03. The maximum absolute atomic E-state index is 6.13. The Labute approximate surface area is 135 Å². The Bertz CT molecular complexity index is 590. The van der Waals surface area contributed by atoms with E-state index in [1.165, 1.54) is 35.5 Å². The Morgan fingerprint density at radius 2 is 1.95 bits per heavy atom. The molecule has 21 heavy (non-hydrogen) atoms. The van der Waals surface area contributed by atoms with Gasteiger partial charge in [0.05, 0.1) is 0 Å². The lowest BCUT2D eigenvalue weighted by Crippen LogP contribution is -2.25. The van der Waals surface area contributed by atoms with Gasteiger partial charge in [0.25, 0.3) is 0 Å². The molecule has 5 heteroatoms. The number of hydrogen-bond acceptors (Lipinski definition) is 4. The third-order valence-corrected chi connectivity index (χ3v) is 4.94. The van der Waals surface area contributed by atoms with Crippen LogP contribution in [-0.4, -0.2) is 20.5 Å². The maximum atomic E-state index is 6.13. The second-order valence-corrected chi connectivity index (χ2v) is 7.38. The molecule has 1 aromatic carbocycles. The zero-order chi connectivity index (χ0) is 14.8. The maximum Gasteiger partial charge on any atom is 0.138 e. The summed E-state index contributed by atoms with van der Waals surface area (Å²) in [6.45, 7) is 6.20. The van der Waals surface area contributed by atoms with Crippen LogP contribution in [0.5, 0.6) is 0 Å². The molecule has 3 rings (SSSR count). The molecule has 0 N–H and O–H groups in total. The van der Waals surface area contributed by atoms with Gasteiger partial charge in [0.2, 0.25) is 0 Å². The van der Waals surface area contributed by atoms with Gasteiger partial charge >= 0.3 is 0 Å². The minimum atomic E-state index is 0.582. The van der Waals surface area contributed by atoms with Crippen LogP contribution < -0.4 is 0 Å². The highest BCUT2D eigenvalue weighted by molar-refractivity contribution is 7.10. The number of hydrogen-bond donors (Lipinski definition) is 0. The molecule has 2 aromatic rings. The molecule has 0 amide bonds. The smallest absolute Gasteiger partial charge is 0.138 e. The van der Waals surface area contributed by atoms with E-state index in [0.717, 1.165) is 23.1 Å². The van der Waals surface area contributed by atoms with Crippen LogP contribution in [-0.2, 0) is 13.1 Å². The molecule has 1 saturated carbocycles. The Hall–Kier alpha value is -0.970. The molecule has 0 aliphatic heterocycles. The third-order valence-electron chi connectivity index (χ3n) is 3.96. The summed E-state index contributed by atoms with van der Waals surface area (Å²) in [7, 11) is 0. The Morgan fingerprint density at radius 3 is 2.48 bits per heavy atom. The van der Waals surface area contributed by atoms with Crippen molar-refractivity contribution in [2.45, 2.75) is 51.7 Å². The predicted molar refractivity (Wildman–Crippen MR) is 87.7 cm³/mol. The summed E-state index contributed by atoms with van der Waals surface area (Å²) in [6, 6.07) is 9.63. The predicted octanol–water partition coefficient (Wildman–Crippen LogP) is 4.48. The van der Waals surface area contributed by atoms with Crippen molar-refractivity contribution in [2.75, 3.05) is 0 Å². The molecule has 0 unspecified atom stereocenters. The highest BCUT2D eigenvalue weighted by atomic mass is 35.5. The van der Waals surface area contributed by atoms with Crippen molar-refractivity contribution in [3.05, 3.63) is 45.4 Å². The number of halogens is 1. The van der Waals surface area contributed by atoms with Crippen LogP contribution in [0.2, 0.25) is 4.34 Å². The normalized spacial score (nSPS) is 15.1. The van der Waals surface area contributed by atoms with Crippen molar-refractivity contribution in [2.24, 2.45) is 0 Å². The van der Waals surface area contributed by atoms with E-state index in [9.17, 15) is 0 Å². The van der Waals surface area contributed by atoms with E-state index in [1.54, 1.807) is 0 Å². The van der Waals surface area contributed by atoms with Crippen molar-refractivity contribution in [1.29, 1.82) is 0 Å². The lowest BCUT2D eigenvalue weighted by Gasteiger charge is -2.21. The summed E-state index contributed by atoms with van der Waals surface area (Å²) in [4.78, 5) is 2.47. The average molecular weight is 322 g/mol. The van der Waals surface area contributed by atoms with Gasteiger partial charge in [0, 0.05) is 30.7 Å². The minimum Gasteiger partial charge on any atom is -0.290 e. The second kappa shape index (κ2) is 6.42. The molecule has 0 saturated heterocycles. The molecule has 0 spiro atoms. The number of aromatic nitrogens is 2. The standard InChI is InChI=1S/C16H20ClN3S/c1-11(2)13-5-3-12(4-6-13)9-20(14-7-8-14)10-15-16(17)21-19-18-15/h3-6,11,14H,7-10H2,1-2H3. The van der Waals surface area contributed by atoms with E-state index in [1.807, 2.05) is 0 Å². The van der Waals surface area contributed by atoms with Gasteiger partial charge in [0.15, 0.2) is 0 Å². The SMILES string of the molecule is CC(C)c1ccc(CN(Cc2nnsc2Cl)C2CC2)cc1. The molecular weight excluding hydrogens is 302 g/mol. The van der Waals surface area contributed by atoms with Gasteiger partial charge in [-0.2, -0.15) is 0 Å². The van der Waals surface area contributed by atoms with Crippen LogP contribution in [0.3, 0.4) is 0 Å². The lowest BCUT2D eigenvalue weighted by atomic mass is 10.0. The van der Waals surface area contributed by atoms with Gasteiger partial charge in [-0.3, -0.25) is 4.90 Å². The number of rotatable bonds is 6. The topological polar surface area (TPSA) is 29.0 Å². The van der Waals surface area contributed by atoms with Gasteiger partial charge in [-0.1, -0.05) is 54.2 Å². The molecule has 112 valence electrons. The van der Waals surface area contributed by atoms with Crippen LogP contribution in [0.15, 0.2) is 24.3 Å². The number of benzene rings is 1. The van der Waals surface area contributed by atoms with Crippen LogP contribution in [0, 0.1) is 0 Å². The summed E-state index contributed by atoms with van der Waals surface area (Å²) in [5.41, 5.74) is 3.65. The van der Waals surface area contributed by atoms with Crippen LogP contribution >= 0.6 is 23.1 Å². The molecule has 1 aliphatic rings. The highest BCUT2D eigenvalue weighted by Crippen LogP contribution is 2.31. The third kappa shape index (κ3) is 3.82. The van der Waals surface area contributed by atoms with Gasteiger partial charge < -0.3 is 0 Å². The van der Waals surface area contributed by atoms with Gasteiger partial charge in [-0.15, -0.1) is 5.10 Å². The van der Waals surface area contributed by atoms with E-state index >= 15 is 0 Å². The zero-order valence-electron chi connectivity index (χ0n) is 12.4. The summed E-state index contributed by atoms with van der Waals surface area (Å²) in [5, 5.41) is 4.14. The molecule has 0 bridgehead atoms. The van der Waals surface area contributed by atoms with Crippen LogP contribution in [0.1, 0.15) is 49.4 Å². The van der Waals surface area contributed by atoms with Crippen molar-refractivity contribution >= 4 is 23.1 Å². The Morgan fingerprint density at radius 1 is 1.24 bits per heavy atom. The van der Waals surface area contributed by atoms with Crippen molar-refractivity contribution in [3.8, 4) is 0 Å². The summed E-state index contributed by atoms with van der Waals surface area (Å²) >= 11 is 7.40. The molecule has 0 radical (unpaired) electrons. The van der Waals surface area contributed by atoms with Gasteiger partial charge in [0.1, 0.15) is 10.0 Å². The molecule has 1 aliphatic carbocycles. The highest BCUT2D eigenvalue weighted by Gasteiger charge is 2.30. The first-order valence-electron chi connectivity index (χ1n) is 7.43. The molecule has 1 fully saturated rings. The fourth-order valence-corrected chi connectivity index (χ4v) is 3.09. The quantitative estimate of drug-likeness (QED) is 0.785. The lowest BCUT2D eigenvalue weighted by molar-refractivity contribution is 0.243. The molecule has 3 nitrogen and oxygen atoms in total. The summed E-state index contributed by atoms with van der Waals surface area (Å²) in [6.07, 6.45) is 2.55. The average Bonchev–Trinajstić information content (AvgIpc) is 3.24. The van der Waals surface area contributed by atoms with Crippen LogP contribution in [0.25, 0.3) is 0 Å². The van der Waals surface area contributed by atoms with E-state index in [0.29, 0.717) is 12.0 Å². The Balaban J connectivity index is 1.69. The van der Waals surface area contributed by atoms with E-state index < -0.39 is 0 Å². The van der Waals surface area contributed by atoms with Crippen molar-refractivity contribution in [3.63, 3.8) is 0 Å². The number of nitrogens with zero attached hydrogens (tertiary/aromatic N) is 3. The van der Waals surface area contributed by atoms with E-state index in [4.69, 9.17) is 11.6 Å². The monoisotopic (exact) mass is 321 g/mol. The van der Waals surface area contributed by atoms with Gasteiger partial charge in [-0.25, -0.2) is 0 Å². The first-order valence-corrected chi connectivity index (χ1v) is 8.58. The first kappa shape index (κ1) is 14.9. The van der Waals surface area contributed by atoms with Gasteiger partial charge in [-0.05, 0) is 29.9 Å². The molecule has 1 aromatic heterocycles. The molecular formula is C16H20ClN3S. The first-order chi connectivity index (χ1) is 10.1. The minimum absolute atomic E-state index is 0.582. The zero-order valence-corrected chi connectivity index (χ0v) is 14.0. The Kier molecular flexibility index (Phi) is 4.57. The van der Waals surface area contributed by atoms with Crippen LogP contribution in [0.4, 0.5) is 0 Å². The van der Waals surface area contributed by atoms with Crippen molar-refractivity contribution < 1.29 is 0 Å². The van der Waals surface area contributed by atoms with Crippen molar-refractivity contribution in [1.82, 2.24) is 14.5 Å².